The fourth-order valence-electron chi connectivity index (χ4n) is 3.76. The maximum Gasteiger partial charge on any atom is 0.220 e. The minimum Gasteiger partial charge on any atom is -0.351 e. The zero-order valence-corrected chi connectivity index (χ0v) is 18.1. The molecule has 1 amide bonds. The van der Waals surface area contributed by atoms with Crippen molar-refractivity contribution < 1.29 is 4.79 Å². The summed E-state index contributed by atoms with van der Waals surface area (Å²) in [6, 6.07) is 11.9. The molecule has 1 aliphatic rings. The summed E-state index contributed by atoms with van der Waals surface area (Å²) in [5.74, 6) is 0.0693. The predicted octanol–water partition coefficient (Wildman–Crippen LogP) is 5.45. The lowest BCUT2D eigenvalue weighted by atomic mass is 10.0. The number of nitrogens with one attached hydrogen (secondary N) is 1. The summed E-state index contributed by atoms with van der Waals surface area (Å²) in [6.07, 6.45) is 2.15. The maximum absolute atomic E-state index is 12.4. The van der Waals surface area contributed by atoms with Gasteiger partial charge in [0.25, 0.3) is 0 Å². The standard InChI is InChI=1S/C22H22Cl2N2OS/c1-26-10-9-15-17(23)11-18(24)22-21(15)16(13-26)19(28-22)12-25-20(27)8-7-14-5-3-2-4-6-14/h2-6,11H,7-10,12-13H2,1H3,(H,25,27). The number of benzene rings is 2. The topological polar surface area (TPSA) is 32.3 Å². The number of hydrogen-bond acceptors (Lipinski definition) is 3. The number of carbonyl (C=O) groups excluding carboxylic acids is 1. The number of hydrogen-bond donors (Lipinski definition) is 1. The van der Waals surface area contributed by atoms with E-state index in [0.717, 1.165) is 35.7 Å². The third-order valence-electron chi connectivity index (χ3n) is 5.25. The summed E-state index contributed by atoms with van der Waals surface area (Å²) in [7, 11) is 2.12. The molecule has 0 spiro atoms. The number of aryl methyl sites for hydroxylation is 1. The molecule has 0 fully saturated rings. The highest BCUT2D eigenvalue weighted by Gasteiger charge is 2.23. The van der Waals surface area contributed by atoms with E-state index in [0.29, 0.717) is 18.0 Å². The molecule has 3 aromatic rings. The predicted molar refractivity (Wildman–Crippen MR) is 118 cm³/mol. The van der Waals surface area contributed by atoms with Gasteiger partial charge in [-0.2, -0.15) is 0 Å². The van der Waals surface area contributed by atoms with E-state index in [1.807, 2.05) is 24.3 Å². The molecule has 4 rings (SSSR count). The number of halogens is 2. The van der Waals surface area contributed by atoms with Crippen molar-refractivity contribution in [2.24, 2.45) is 0 Å². The smallest absolute Gasteiger partial charge is 0.220 e. The molecule has 0 radical (unpaired) electrons. The van der Waals surface area contributed by atoms with Crippen molar-refractivity contribution >= 4 is 50.5 Å². The fourth-order valence-corrected chi connectivity index (χ4v) is 5.62. The Morgan fingerprint density at radius 3 is 2.75 bits per heavy atom. The Morgan fingerprint density at radius 1 is 1.18 bits per heavy atom. The van der Waals surface area contributed by atoms with Gasteiger partial charge in [-0.15, -0.1) is 11.3 Å². The van der Waals surface area contributed by atoms with Gasteiger partial charge in [0, 0.05) is 34.8 Å². The lowest BCUT2D eigenvalue weighted by Gasteiger charge is -2.14. The van der Waals surface area contributed by atoms with Gasteiger partial charge in [0.1, 0.15) is 0 Å². The average molecular weight is 433 g/mol. The van der Waals surface area contributed by atoms with E-state index in [4.69, 9.17) is 23.2 Å². The van der Waals surface area contributed by atoms with Gasteiger partial charge < -0.3 is 10.2 Å². The highest BCUT2D eigenvalue weighted by Crippen LogP contribution is 2.43. The van der Waals surface area contributed by atoms with Crippen molar-refractivity contribution in [2.75, 3.05) is 13.6 Å². The van der Waals surface area contributed by atoms with Crippen LogP contribution in [0.5, 0.6) is 0 Å². The summed E-state index contributed by atoms with van der Waals surface area (Å²) in [4.78, 5) is 15.8. The summed E-state index contributed by atoms with van der Waals surface area (Å²) in [6.45, 7) is 2.33. The van der Waals surface area contributed by atoms with Crippen LogP contribution >= 0.6 is 34.5 Å². The highest BCUT2D eigenvalue weighted by atomic mass is 35.5. The fraction of sp³-hybridized carbons (Fsp3) is 0.318. The summed E-state index contributed by atoms with van der Waals surface area (Å²) < 4.78 is 1.08. The van der Waals surface area contributed by atoms with Crippen LogP contribution in [0.1, 0.15) is 28.0 Å². The Labute approximate surface area is 179 Å². The molecule has 2 heterocycles. The first-order valence-corrected chi connectivity index (χ1v) is 11.0. The maximum atomic E-state index is 12.4. The first-order valence-electron chi connectivity index (χ1n) is 9.43. The van der Waals surface area contributed by atoms with Crippen LogP contribution in [0, 0.1) is 0 Å². The minimum atomic E-state index is 0.0693. The third kappa shape index (κ3) is 4.06. The van der Waals surface area contributed by atoms with Crippen LogP contribution in [0.4, 0.5) is 0 Å². The van der Waals surface area contributed by atoms with Crippen LogP contribution in [0.2, 0.25) is 10.0 Å². The SMILES string of the molecule is CN1CCc2c(Cl)cc(Cl)c3sc(CNC(=O)CCc4ccccc4)c(c23)C1. The van der Waals surface area contributed by atoms with E-state index in [1.54, 1.807) is 11.3 Å². The van der Waals surface area contributed by atoms with Gasteiger partial charge in [-0.25, -0.2) is 0 Å². The van der Waals surface area contributed by atoms with E-state index in [1.165, 1.54) is 27.0 Å². The monoisotopic (exact) mass is 432 g/mol. The van der Waals surface area contributed by atoms with Crippen molar-refractivity contribution in [1.82, 2.24) is 10.2 Å². The normalized spacial score (nSPS) is 14.2. The van der Waals surface area contributed by atoms with Crippen molar-refractivity contribution in [3.63, 3.8) is 0 Å². The molecule has 146 valence electrons. The Bertz CT molecular complexity index is 1020. The second-order valence-electron chi connectivity index (χ2n) is 7.28. The molecule has 28 heavy (non-hydrogen) atoms. The van der Waals surface area contributed by atoms with Gasteiger partial charge in [-0.05, 0) is 42.6 Å². The molecule has 0 saturated heterocycles. The first kappa shape index (κ1) is 19.7. The third-order valence-corrected chi connectivity index (χ3v) is 7.27. The zero-order valence-electron chi connectivity index (χ0n) is 15.7. The Hall–Kier alpha value is -1.59. The van der Waals surface area contributed by atoms with Crippen LogP contribution < -0.4 is 5.32 Å². The van der Waals surface area contributed by atoms with Crippen molar-refractivity contribution in [2.45, 2.75) is 32.4 Å². The molecule has 0 saturated carbocycles. The van der Waals surface area contributed by atoms with Gasteiger partial charge in [-0.1, -0.05) is 53.5 Å². The molecule has 2 aromatic carbocycles. The first-order chi connectivity index (χ1) is 13.5. The van der Waals surface area contributed by atoms with Crippen LogP contribution in [-0.2, 0) is 30.7 Å². The molecule has 0 bridgehead atoms. The zero-order chi connectivity index (χ0) is 19.7. The Balaban J connectivity index is 1.54. The Kier molecular flexibility index (Phi) is 5.93. The van der Waals surface area contributed by atoms with Crippen LogP contribution in [0.15, 0.2) is 36.4 Å². The lowest BCUT2D eigenvalue weighted by molar-refractivity contribution is -0.121. The van der Waals surface area contributed by atoms with Crippen LogP contribution in [0.3, 0.4) is 0 Å². The van der Waals surface area contributed by atoms with E-state index < -0.39 is 0 Å². The number of amides is 1. The molecule has 0 aliphatic carbocycles. The van der Waals surface area contributed by atoms with Crippen molar-refractivity contribution in [1.29, 1.82) is 0 Å². The summed E-state index contributed by atoms with van der Waals surface area (Å²) in [5, 5.41) is 5.73. The second kappa shape index (κ2) is 8.42. The van der Waals surface area contributed by atoms with Gasteiger partial charge >= 0.3 is 0 Å². The molecule has 6 heteroatoms. The summed E-state index contributed by atoms with van der Waals surface area (Å²) >= 11 is 14.7. The summed E-state index contributed by atoms with van der Waals surface area (Å²) in [5.41, 5.74) is 3.61. The number of carbonyl (C=O) groups is 1. The number of nitrogens with zero attached hydrogens (tertiary/aromatic N) is 1. The lowest BCUT2D eigenvalue weighted by Crippen LogP contribution is -2.24. The average Bonchev–Trinajstić information content (AvgIpc) is 2.94. The van der Waals surface area contributed by atoms with Crippen molar-refractivity contribution in [3.05, 3.63) is 68.0 Å². The number of rotatable bonds is 5. The molecule has 3 nitrogen and oxygen atoms in total. The van der Waals surface area contributed by atoms with Gasteiger partial charge in [0.15, 0.2) is 0 Å². The molecular formula is C22H22Cl2N2OS. The largest absolute Gasteiger partial charge is 0.351 e. The second-order valence-corrected chi connectivity index (χ2v) is 9.20. The number of thiophene rings is 1. The van der Waals surface area contributed by atoms with E-state index >= 15 is 0 Å². The van der Waals surface area contributed by atoms with E-state index in [-0.39, 0.29) is 5.91 Å². The van der Waals surface area contributed by atoms with Crippen LogP contribution in [-0.4, -0.2) is 24.4 Å². The highest BCUT2D eigenvalue weighted by molar-refractivity contribution is 7.20. The van der Waals surface area contributed by atoms with Crippen LogP contribution in [0.25, 0.3) is 10.1 Å². The molecule has 0 unspecified atom stereocenters. The minimum absolute atomic E-state index is 0.0693. The molecular weight excluding hydrogens is 411 g/mol. The Morgan fingerprint density at radius 2 is 1.96 bits per heavy atom. The molecule has 1 N–H and O–H groups in total. The molecule has 0 atom stereocenters. The quantitative estimate of drug-likeness (QED) is 0.581. The van der Waals surface area contributed by atoms with Gasteiger partial charge in [-0.3, -0.25) is 4.79 Å². The van der Waals surface area contributed by atoms with Gasteiger partial charge in [0.2, 0.25) is 5.91 Å². The molecule has 1 aromatic heterocycles. The van der Waals surface area contributed by atoms with E-state index in [2.05, 4.69) is 29.4 Å². The molecule has 1 aliphatic heterocycles. The van der Waals surface area contributed by atoms with Gasteiger partial charge in [0.05, 0.1) is 16.3 Å². The van der Waals surface area contributed by atoms with Crippen molar-refractivity contribution in [3.8, 4) is 0 Å². The number of likely N-dealkylation sites (N-methyl/N-ethyl adjacent to an activating group) is 1. The van der Waals surface area contributed by atoms with E-state index in [9.17, 15) is 4.79 Å².